The predicted molar refractivity (Wildman–Crippen MR) is 61.4 cm³/mol. The molecule has 0 aromatic carbocycles. The van der Waals surface area contributed by atoms with Crippen molar-refractivity contribution >= 4 is 5.91 Å². The third-order valence-corrected chi connectivity index (χ3v) is 3.22. The normalized spacial score (nSPS) is 24.2. The van der Waals surface area contributed by atoms with Gasteiger partial charge in [0.15, 0.2) is 0 Å². The minimum Gasteiger partial charge on any atom is -0.337 e. The van der Waals surface area contributed by atoms with E-state index in [0.29, 0.717) is 6.42 Å². The van der Waals surface area contributed by atoms with E-state index >= 15 is 0 Å². The second-order valence-corrected chi connectivity index (χ2v) is 5.60. The van der Waals surface area contributed by atoms with Gasteiger partial charge < -0.3 is 4.90 Å². The quantitative estimate of drug-likeness (QED) is 0.556. The number of hydrogen-bond donors (Lipinski definition) is 0. The molecule has 2 rings (SSSR count). The zero-order valence-corrected chi connectivity index (χ0v) is 9.79. The summed E-state index contributed by atoms with van der Waals surface area (Å²) < 4.78 is 0. The van der Waals surface area contributed by atoms with E-state index in [1.165, 1.54) is 0 Å². The number of carbonyl (C=O) groups is 1. The third kappa shape index (κ3) is 1.85. The van der Waals surface area contributed by atoms with Crippen molar-refractivity contribution in [2.24, 2.45) is 5.41 Å². The summed E-state index contributed by atoms with van der Waals surface area (Å²) in [6, 6.07) is 0. The highest BCUT2D eigenvalue weighted by atomic mass is 16.2. The molecule has 2 aliphatic rings. The lowest BCUT2D eigenvalue weighted by Gasteiger charge is -2.33. The summed E-state index contributed by atoms with van der Waals surface area (Å²) in [6.07, 6.45) is 10.4. The van der Waals surface area contributed by atoms with Crippen LogP contribution < -0.4 is 0 Å². The molecule has 82 valence electrons. The smallest absolute Gasteiger partial charge is 0.224 e. The minimum absolute atomic E-state index is 0.0113. The highest BCUT2D eigenvalue weighted by Crippen LogP contribution is 2.39. The number of likely N-dealkylation sites (tertiary alicyclic amines) is 1. The Morgan fingerprint density at radius 2 is 1.87 bits per heavy atom. The van der Waals surface area contributed by atoms with E-state index in [1.54, 1.807) is 0 Å². The van der Waals surface area contributed by atoms with E-state index in [2.05, 4.69) is 45.1 Å². The van der Waals surface area contributed by atoms with E-state index in [-0.39, 0.29) is 16.9 Å². The monoisotopic (exact) mass is 205 g/mol. The average Bonchev–Trinajstić information content (AvgIpc) is 2.44. The maximum absolute atomic E-state index is 12.0. The van der Waals surface area contributed by atoms with Crippen LogP contribution in [0.25, 0.3) is 0 Å². The Kier molecular flexibility index (Phi) is 2.25. The maximum atomic E-state index is 12.0. The molecule has 1 heterocycles. The van der Waals surface area contributed by atoms with Crippen molar-refractivity contribution in [2.45, 2.75) is 39.2 Å². The second kappa shape index (κ2) is 3.22. The van der Waals surface area contributed by atoms with Gasteiger partial charge in [-0.2, -0.15) is 0 Å². The minimum atomic E-state index is -0.0558. The van der Waals surface area contributed by atoms with Gasteiger partial charge in [-0.3, -0.25) is 4.79 Å². The van der Waals surface area contributed by atoms with E-state index in [9.17, 15) is 4.79 Å². The summed E-state index contributed by atoms with van der Waals surface area (Å²) in [4.78, 5) is 13.9. The first kappa shape index (κ1) is 10.5. The number of amides is 1. The lowest BCUT2D eigenvalue weighted by molar-refractivity contribution is -0.131. The molecule has 0 atom stereocenters. The molecule has 0 saturated carbocycles. The molecule has 1 amide bonds. The Labute approximate surface area is 91.6 Å². The van der Waals surface area contributed by atoms with Gasteiger partial charge in [0, 0.05) is 23.9 Å². The van der Waals surface area contributed by atoms with Crippen molar-refractivity contribution in [1.29, 1.82) is 0 Å². The van der Waals surface area contributed by atoms with Gasteiger partial charge in [0.25, 0.3) is 0 Å². The van der Waals surface area contributed by atoms with Crippen LogP contribution >= 0.6 is 0 Å². The molecule has 15 heavy (non-hydrogen) atoms. The molecule has 1 aliphatic heterocycles. The number of allylic oxidation sites excluding steroid dienone is 2. The highest BCUT2D eigenvalue weighted by molar-refractivity contribution is 5.81. The summed E-state index contributed by atoms with van der Waals surface area (Å²) in [5.41, 5.74) is -0.0671. The van der Waals surface area contributed by atoms with Crippen LogP contribution in [-0.4, -0.2) is 22.9 Å². The van der Waals surface area contributed by atoms with Crippen LogP contribution in [0.5, 0.6) is 0 Å². The Morgan fingerprint density at radius 3 is 2.33 bits per heavy atom. The van der Waals surface area contributed by atoms with Gasteiger partial charge in [-0.15, -0.1) is 0 Å². The van der Waals surface area contributed by atoms with Crippen LogP contribution in [0.4, 0.5) is 0 Å². The molecule has 1 saturated heterocycles. The summed E-state index contributed by atoms with van der Waals surface area (Å²) >= 11 is 0. The van der Waals surface area contributed by atoms with Crippen molar-refractivity contribution in [3.8, 4) is 0 Å². The van der Waals surface area contributed by atoms with Crippen molar-refractivity contribution in [3.05, 3.63) is 24.3 Å². The van der Waals surface area contributed by atoms with E-state index in [4.69, 9.17) is 0 Å². The number of nitrogens with zero attached hydrogens (tertiary/aromatic N) is 1. The van der Waals surface area contributed by atoms with Gasteiger partial charge >= 0.3 is 0 Å². The SMILES string of the molecule is CC(C)(C)N1CC2(C=CCC=C2)CC1=O. The fraction of sp³-hybridized carbons (Fsp3) is 0.615. The van der Waals surface area contributed by atoms with E-state index < -0.39 is 0 Å². The molecule has 2 heteroatoms. The van der Waals surface area contributed by atoms with Crippen molar-refractivity contribution in [2.75, 3.05) is 6.54 Å². The summed E-state index contributed by atoms with van der Waals surface area (Å²) in [7, 11) is 0. The van der Waals surface area contributed by atoms with Crippen molar-refractivity contribution < 1.29 is 4.79 Å². The zero-order chi connectivity index (χ0) is 11.1. The molecule has 0 aromatic rings. The van der Waals surface area contributed by atoms with Crippen LogP contribution in [0.15, 0.2) is 24.3 Å². The van der Waals surface area contributed by atoms with Crippen LogP contribution in [-0.2, 0) is 4.79 Å². The maximum Gasteiger partial charge on any atom is 0.224 e. The lowest BCUT2D eigenvalue weighted by Crippen LogP contribution is -2.43. The largest absolute Gasteiger partial charge is 0.337 e. The highest BCUT2D eigenvalue weighted by Gasteiger charge is 2.43. The topological polar surface area (TPSA) is 20.3 Å². The summed E-state index contributed by atoms with van der Waals surface area (Å²) in [5, 5.41) is 0. The number of hydrogen-bond acceptors (Lipinski definition) is 1. The molecule has 2 nitrogen and oxygen atoms in total. The Hall–Kier alpha value is -1.05. The average molecular weight is 205 g/mol. The fourth-order valence-electron chi connectivity index (χ4n) is 2.39. The lowest BCUT2D eigenvalue weighted by atomic mass is 9.83. The van der Waals surface area contributed by atoms with E-state index in [0.717, 1.165) is 13.0 Å². The molecule has 1 aliphatic carbocycles. The van der Waals surface area contributed by atoms with Gasteiger partial charge in [0.05, 0.1) is 0 Å². The van der Waals surface area contributed by atoms with Gasteiger partial charge in [0.2, 0.25) is 5.91 Å². The molecule has 0 unspecified atom stereocenters. The van der Waals surface area contributed by atoms with Gasteiger partial charge in [-0.25, -0.2) is 0 Å². The van der Waals surface area contributed by atoms with Gasteiger partial charge in [-0.1, -0.05) is 24.3 Å². The van der Waals surface area contributed by atoms with Crippen molar-refractivity contribution in [1.82, 2.24) is 4.90 Å². The molecular formula is C13H19NO. The number of rotatable bonds is 0. The molecule has 0 bridgehead atoms. The summed E-state index contributed by atoms with van der Waals surface area (Å²) in [6.45, 7) is 7.13. The van der Waals surface area contributed by atoms with Crippen LogP contribution in [0.2, 0.25) is 0 Å². The Morgan fingerprint density at radius 1 is 1.27 bits per heavy atom. The van der Waals surface area contributed by atoms with Crippen LogP contribution in [0.3, 0.4) is 0 Å². The molecule has 0 radical (unpaired) electrons. The molecular weight excluding hydrogens is 186 g/mol. The van der Waals surface area contributed by atoms with Crippen molar-refractivity contribution in [3.63, 3.8) is 0 Å². The first-order valence-corrected chi connectivity index (χ1v) is 5.59. The molecule has 1 fully saturated rings. The number of carbonyl (C=O) groups excluding carboxylic acids is 1. The first-order valence-electron chi connectivity index (χ1n) is 5.59. The summed E-state index contributed by atoms with van der Waals surface area (Å²) in [5.74, 6) is 0.277. The van der Waals surface area contributed by atoms with Crippen LogP contribution in [0.1, 0.15) is 33.6 Å². The van der Waals surface area contributed by atoms with Crippen LogP contribution in [0, 0.1) is 5.41 Å². The Balaban J connectivity index is 2.23. The van der Waals surface area contributed by atoms with E-state index in [1.807, 2.05) is 4.90 Å². The standard InChI is InChI=1S/C13H19NO/c1-12(2,3)14-10-13(9-11(14)15)7-5-4-6-8-13/h5-8H,4,9-10H2,1-3H3. The fourth-order valence-corrected chi connectivity index (χ4v) is 2.39. The zero-order valence-electron chi connectivity index (χ0n) is 9.79. The third-order valence-electron chi connectivity index (χ3n) is 3.22. The Bertz CT molecular complexity index is 321. The molecule has 1 spiro atoms. The predicted octanol–water partition coefficient (Wildman–Crippen LogP) is 2.52. The molecule has 0 N–H and O–H groups in total. The molecule has 0 aromatic heterocycles. The van der Waals surface area contributed by atoms with Gasteiger partial charge in [0.1, 0.15) is 0 Å². The second-order valence-electron chi connectivity index (χ2n) is 5.60. The first-order chi connectivity index (χ1) is 6.93. The van der Waals surface area contributed by atoms with Gasteiger partial charge in [-0.05, 0) is 27.2 Å².